The SMILES string of the molecule is CCN(C(=O)CNCC(C)(O)CSC)C1CC1. The third-order valence-electron chi connectivity index (χ3n) is 2.89. The third kappa shape index (κ3) is 5.27. The number of rotatable bonds is 8. The second-order valence-electron chi connectivity index (χ2n) is 4.94. The number of hydrogen-bond acceptors (Lipinski definition) is 4. The van der Waals surface area contributed by atoms with Crippen LogP contribution in [0.25, 0.3) is 0 Å². The molecule has 1 saturated carbocycles. The molecule has 0 bridgehead atoms. The van der Waals surface area contributed by atoms with Crippen LogP contribution in [0.3, 0.4) is 0 Å². The lowest BCUT2D eigenvalue weighted by Gasteiger charge is -2.24. The van der Waals surface area contributed by atoms with Crippen LogP contribution >= 0.6 is 11.8 Å². The molecule has 0 aromatic heterocycles. The maximum absolute atomic E-state index is 11.9. The number of nitrogens with one attached hydrogen (secondary N) is 1. The van der Waals surface area contributed by atoms with Gasteiger partial charge in [-0.15, -0.1) is 0 Å². The molecular formula is C12H24N2O2S. The molecular weight excluding hydrogens is 236 g/mol. The monoisotopic (exact) mass is 260 g/mol. The minimum absolute atomic E-state index is 0.148. The van der Waals surface area contributed by atoms with Gasteiger partial charge in [-0.25, -0.2) is 0 Å². The molecule has 0 aliphatic heterocycles. The normalized spacial score (nSPS) is 18.8. The molecule has 0 radical (unpaired) electrons. The molecule has 1 amide bonds. The summed E-state index contributed by atoms with van der Waals surface area (Å²) in [6.07, 6.45) is 4.25. The summed E-state index contributed by atoms with van der Waals surface area (Å²) in [5.41, 5.74) is -0.740. The van der Waals surface area contributed by atoms with E-state index in [4.69, 9.17) is 0 Å². The lowest BCUT2D eigenvalue weighted by atomic mass is 10.1. The molecule has 1 aliphatic carbocycles. The highest BCUT2D eigenvalue weighted by molar-refractivity contribution is 7.98. The average Bonchev–Trinajstić information content (AvgIpc) is 3.02. The zero-order valence-electron chi connectivity index (χ0n) is 11.0. The minimum atomic E-state index is -0.740. The molecule has 0 heterocycles. The molecule has 0 aromatic carbocycles. The minimum Gasteiger partial charge on any atom is -0.388 e. The summed E-state index contributed by atoms with van der Waals surface area (Å²) in [5.74, 6) is 0.823. The Balaban J connectivity index is 2.23. The third-order valence-corrected chi connectivity index (χ3v) is 3.80. The summed E-state index contributed by atoms with van der Waals surface area (Å²) < 4.78 is 0. The molecule has 1 atom stereocenters. The number of amides is 1. The fourth-order valence-corrected chi connectivity index (χ4v) is 2.65. The molecule has 4 nitrogen and oxygen atoms in total. The predicted molar refractivity (Wildman–Crippen MR) is 72.3 cm³/mol. The highest BCUT2D eigenvalue weighted by atomic mass is 32.2. The van der Waals surface area contributed by atoms with Crippen molar-refractivity contribution in [1.82, 2.24) is 10.2 Å². The van der Waals surface area contributed by atoms with Crippen molar-refractivity contribution in [1.29, 1.82) is 0 Å². The highest BCUT2D eigenvalue weighted by Gasteiger charge is 2.31. The van der Waals surface area contributed by atoms with E-state index in [0.29, 0.717) is 24.9 Å². The number of carbonyl (C=O) groups is 1. The molecule has 1 unspecified atom stereocenters. The van der Waals surface area contributed by atoms with Crippen LogP contribution in [0, 0.1) is 0 Å². The highest BCUT2D eigenvalue weighted by Crippen LogP contribution is 2.26. The van der Waals surface area contributed by atoms with Gasteiger partial charge in [-0.1, -0.05) is 0 Å². The fourth-order valence-electron chi connectivity index (χ4n) is 1.93. The second-order valence-corrected chi connectivity index (χ2v) is 5.81. The van der Waals surface area contributed by atoms with Gasteiger partial charge in [0.25, 0.3) is 0 Å². The number of thioether (sulfide) groups is 1. The summed E-state index contributed by atoms with van der Waals surface area (Å²) in [6.45, 7) is 5.38. The van der Waals surface area contributed by atoms with Gasteiger partial charge < -0.3 is 15.3 Å². The zero-order chi connectivity index (χ0) is 12.9. The van der Waals surface area contributed by atoms with Gasteiger partial charge in [0.1, 0.15) is 0 Å². The molecule has 5 heteroatoms. The van der Waals surface area contributed by atoms with Crippen molar-refractivity contribution in [3.8, 4) is 0 Å². The van der Waals surface area contributed by atoms with E-state index in [1.807, 2.05) is 18.1 Å². The number of hydrogen-bond donors (Lipinski definition) is 2. The van der Waals surface area contributed by atoms with Gasteiger partial charge in [-0.05, 0) is 32.9 Å². The first-order valence-electron chi connectivity index (χ1n) is 6.21. The van der Waals surface area contributed by atoms with Crippen molar-refractivity contribution in [2.45, 2.75) is 38.3 Å². The van der Waals surface area contributed by atoms with Gasteiger partial charge in [0.05, 0.1) is 12.1 Å². The Morgan fingerprint density at radius 3 is 2.71 bits per heavy atom. The van der Waals surface area contributed by atoms with E-state index in [1.165, 1.54) is 0 Å². The van der Waals surface area contributed by atoms with Crippen LogP contribution in [0.4, 0.5) is 0 Å². The Bertz CT molecular complexity index is 255. The standard InChI is InChI=1S/C12H24N2O2S/c1-4-14(10-5-6-10)11(15)7-13-8-12(2,16)9-17-3/h10,13,16H,4-9H2,1-3H3. The van der Waals surface area contributed by atoms with Crippen molar-refractivity contribution in [2.24, 2.45) is 0 Å². The molecule has 0 aromatic rings. The molecule has 1 fully saturated rings. The van der Waals surface area contributed by atoms with E-state index >= 15 is 0 Å². The van der Waals surface area contributed by atoms with Crippen LogP contribution in [0.2, 0.25) is 0 Å². The molecule has 100 valence electrons. The van der Waals surface area contributed by atoms with E-state index in [0.717, 1.165) is 19.4 Å². The number of likely N-dealkylation sites (N-methyl/N-ethyl adjacent to an activating group) is 1. The topological polar surface area (TPSA) is 52.6 Å². The van der Waals surface area contributed by atoms with E-state index < -0.39 is 5.60 Å². The Morgan fingerprint density at radius 1 is 1.59 bits per heavy atom. The molecule has 1 rings (SSSR count). The van der Waals surface area contributed by atoms with Gasteiger partial charge in [0.15, 0.2) is 0 Å². The first-order valence-corrected chi connectivity index (χ1v) is 7.61. The van der Waals surface area contributed by atoms with Crippen molar-refractivity contribution in [3.63, 3.8) is 0 Å². The van der Waals surface area contributed by atoms with Crippen molar-refractivity contribution in [3.05, 3.63) is 0 Å². The smallest absolute Gasteiger partial charge is 0.236 e. The summed E-state index contributed by atoms with van der Waals surface area (Å²) in [6, 6.07) is 0.473. The van der Waals surface area contributed by atoms with Crippen LogP contribution in [0.5, 0.6) is 0 Å². The van der Waals surface area contributed by atoms with Gasteiger partial charge >= 0.3 is 0 Å². The molecule has 0 saturated heterocycles. The van der Waals surface area contributed by atoms with Crippen LogP contribution in [-0.4, -0.2) is 59.2 Å². The summed E-state index contributed by atoms with van der Waals surface area (Å²) in [4.78, 5) is 13.8. The Kier molecular flexibility index (Phi) is 5.76. The van der Waals surface area contributed by atoms with Crippen molar-refractivity contribution in [2.75, 3.05) is 31.6 Å². The Morgan fingerprint density at radius 2 is 2.24 bits per heavy atom. The fraction of sp³-hybridized carbons (Fsp3) is 0.917. The van der Waals surface area contributed by atoms with Crippen LogP contribution < -0.4 is 5.32 Å². The quantitative estimate of drug-likeness (QED) is 0.674. The van der Waals surface area contributed by atoms with Crippen molar-refractivity contribution >= 4 is 17.7 Å². The van der Waals surface area contributed by atoms with Crippen LogP contribution in [0.1, 0.15) is 26.7 Å². The van der Waals surface area contributed by atoms with E-state index in [2.05, 4.69) is 5.32 Å². The molecule has 1 aliphatic rings. The van der Waals surface area contributed by atoms with Crippen LogP contribution in [0.15, 0.2) is 0 Å². The first kappa shape index (κ1) is 14.8. The summed E-state index contributed by atoms with van der Waals surface area (Å²) in [7, 11) is 0. The maximum atomic E-state index is 11.9. The van der Waals surface area contributed by atoms with Crippen molar-refractivity contribution < 1.29 is 9.90 Å². The molecule has 17 heavy (non-hydrogen) atoms. The van der Waals surface area contributed by atoms with Gasteiger partial charge in [-0.2, -0.15) is 11.8 Å². The average molecular weight is 260 g/mol. The van der Waals surface area contributed by atoms with Crippen LogP contribution in [-0.2, 0) is 4.79 Å². The largest absolute Gasteiger partial charge is 0.388 e. The lowest BCUT2D eigenvalue weighted by molar-refractivity contribution is -0.130. The van der Waals surface area contributed by atoms with E-state index in [1.54, 1.807) is 18.7 Å². The summed E-state index contributed by atoms with van der Waals surface area (Å²) >= 11 is 1.61. The molecule has 0 spiro atoms. The second kappa shape index (κ2) is 6.61. The van der Waals surface area contributed by atoms with Gasteiger partial charge in [-0.3, -0.25) is 4.79 Å². The predicted octanol–water partition coefficient (Wildman–Crippen LogP) is 0.701. The summed E-state index contributed by atoms with van der Waals surface area (Å²) in [5, 5.41) is 13.0. The number of aliphatic hydroxyl groups is 1. The first-order chi connectivity index (χ1) is 8.00. The number of carbonyl (C=O) groups excluding carboxylic acids is 1. The van der Waals surface area contributed by atoms with Gasteiger partial charge in [0, 0.05) is 24.9 Å². The van der Waals surface area contributed by atoms with E-state index in [-0.39, 0.29) is 5.91 Å². The van der Waals surface area contributed by atoms with E-state index in [9.17, 15) is 9.90 Å². The van der Waals surface area contributed by atoms with Gasteiger partial charge in [0.2, 0.25) is 5.91 Å². The Labute approximate surface area is 108 Å². The zero-order valence-corrected chi connectivity index (χ0v) is 11.8. The molecule has 2 N–H and O–H groups in total. The maximum Gasteiger partial charge on any atom is 0.236 e. The lowest BCUT2D eigenvalue weighted by Crippen LogP contribution is -2.45. The Hall–Kier alpha value is -0.260. The number of nitrogens with zero attached hydrogens (tertiary/aromatic N) is 1.